The van der Waals surface area contributed by atoms with Gasteiger partial charge in [-0.05, 0) is 63.9 Å². The minimum absolute atomic E-state index is 0.576. The first-order valence-electron chi connectivity index (χ1n) is 6.51. The van der Waals surface area contributed by atoms with Crippen LogP contribution in [0.1, 0.15) is 30.0 Å². The number of hydrogen-bond acceptors (Lipinski definition) is 2. The molecule has 0 heterocycles. The number of nitrogens with zero attached hydrogens (tertiary/aromatic N) is 1. The van der Waals surface area contributed by atoms with E-state index in [1.165, 1.54) is 16.7 Å². The fourth-order valence-electron chi connectivity index (χ4n) is 1.95. The molecular weight excluding hydrogens is 208 g/mol. The smallest absolute Gasteiger partial charge is 0.00760 e. The van der Waals surface area contributed by atoms with Crippen LogP contribution in [0.15, 0.2) is 18.2 Å². The molecule has 2 N–H and O–H groups in total. The summed E-state index contributed by atoms with van der Waals surface area (Å²) in [6, 6.07) is 7.33. The lowest BCUT2D eigenvalue weighted by atomic mass is 10.0. The summed E-state index contributed by atoms with van der Waals surface area (Å²) in [5.74, 6) is 0. The molecule has 1 unspecified atom stereocenters. The van der Waals surface area contributed by atoms with E-state index >= 15 is 0 Å². The van der Waals surface area contributed by atoms with E-state index in [0.717, 1.165) is 25.9 Å². The Morgan fingerprint density at radius 1 is 1.24 bits per heavy atom. The highest BCUT2D eigenvalue weighted by molar-refractivity contribution is 5.30. The molecule has 1 rings (SSSR count). The molecule has 17 heavy (non-hydrogen) atoms. The predicted molar refractivity (Wildman–Crippen MR) is 75.4 cm³/mol. The molecule has 0 saturated heterocycles. The molecule has 0 aliphatic rings. The van der Waals surface area contributed by atoms with Gasteiger partial charge in [0.15, 0.2) is 0 Å². The van der Waals surface area contributed by atoms with Crippen LogP contribution in [-0.2, 0) is 6.42 Å². The van der Waals surface area contributed by atoms with Crippen molar-refractivity contribution in [3.05, 3.63) is 34.9 Å². The first-order valence-corrected chi connectivity index (χ1v) is 6.51. The Bertz CT molecular complexity index is 347. The number of rotatable bonds is 6. The van der Waals surface area contributed by atoms with Crippen LogP contribution in [-0.4, -0.2) is 31.1 Å². The van der Waals surface area contributed by atoms with E-state index in [1.54, 1.807) is 0 Å². The molecule has 1 atom stereocenters. The topological polar surface area (TPSA) is 29.3 Å². The summed E-state index contributed by atoms with van der Waals surface area (Å²) in [7, 11) is 2.18. The number of nitrogens with two attached hydrogens (primary N) is 1. The third-order valence-corrected chi connectivity index (χ3v) is 3.66. The lowest BCUT2D eigenvalue weighted by Crippen LogP contribution is -2.32. The molecule has 1 aromatic rings. The molecule has 2 nitrogen and oxygen atoms in total. The Morgan fingerprint density at radius 3 is 2.53 bits per heavy atom. The largest absolute Gasteiger partial charge is 0.330 e. The highest BCUT2D eigenvalue weighted by atomic mass is 15.1. The van der Waals surface area contributed by atoms with Crippen molar-refractivity contribution in [2.45, 2.75) is 39.7 Å². The third kappa shape index (κ3) is 4.49. The summed E-state index contributed by atoms with van der Waals surface area (Å²) in [5.41, 5.74) is 9.78. The average Bonchev–Trinajstić information content (AvgIpc) is 2.30. The van der Waals surface area contributed by atoms with Gasteiger partial charge >= 0.3 is 0 Å². The molecule has 0 aliphatic heterocycles. The summed E-state index contributed by atoms with van der Waals surface area (Å²) in [5, 5.41) is 0. The van der Waals surface area contributed by atoms with Crippen LogP contribution in [0.25, 0.3) is 0 Å². The standard InChI is InChI=1S/C15H26N2/c1-12-5-6-15(11-13(12)2)8-10-17(4)14(3)7-9-16/h5-6,11,14H,7-10,16H2,1-4H3. The molecule has 0 aliphatic carbocycles. The van der Waals surface area contributed by atoms with Gasteiger partial charge in [-0.25, -0.2) is 0 Å². The van der Waals surface area contributed by atoms with Crippen molar-refractivity contribution < 1.29 is 0 Å². The number of hydrogen-bond donors (Lipinski definition) is 1. The first-order chi connectivity index (χ1) is 8.04. The zero-order chi connectivity index (χ0) is 12.8. The number of benzene rings is 1. The second-order valence-corrected chi connectivity index (χ2v) is 5.08. The van der Waals surface area contributed by atoms with Crippen LogP contribution in [0.5, 0.6) is 0 Å². The molecule has 1 aromatic carbocycles. The van der Waals surface area contributed by atoms with Gasteiger partial charge in [0.05, 0.1) is 0 Å². The number of aryl methyl sites for hydroxylation is 2. The lowest BCUT2D eigenvalue weighted by Gasteiger charge is -2.24. The molecule has 0 fully saturated rings. The van der Waals surface area contributed by atoms with Gasteiger partial charge in [-0.1, -0.05) is 18.2 Å². The van der Waals surface area contributed by atoms with Crippen LogP contribution in [0.3, 0.4) is 0 Å². The Morgan fingerprint density at radius 2 is 1.94 bits per heavy atom. The molecule has 0 spiro atoms. The Balaban J connectivity index is 2.47. The van der Waals surface area contributed by atoms with E-state index in [4.69, 9.17) is 5.73 Å². The van der Waals surface area contributed by atoms with Gasteiger partial charge in [0.25, 0.3) is 0 Å². The summed E-state index contributed by atoms with van der Waals surface area (Å²) in [4.78, 5) is 2.39. The molecule has 2 heteroatoms. The highest BCUT2D eigenvalue weighted by Crippen LogP contribution is 2.11. The molecule has 96 valence electrons. The second-order valence-electron chi connectivity index (χ2n) is 5.08. The van der Waals surface area contributed by atoms with Gasteiger partial charge in [0, 0.05) is 12.6 Å². The van der Waals surface area contributed by atoms with Crippen molar-refractivity contribution in [3.8, 4) is 0 Å². The zero-order valence-electron chi connectivity index (χ0n) is 11.7. The van der Waals surface area contributed by atoms with Gasteiger partial charge in [-0.15, -0.1) is 0 Å². The van der Waals surface area contributed by atoms with Crippen molar-refractivity contribution in [1.82, 2.24) is 4.90 Å². The lowest BCUT2D eigenvalue weighted by molar-refractivity contribution is 0.251. The van der Waals surface area contributed by atoms with E-state index in [0.29, 0.717) is 6.04 Å². The minimum Gasteiger partial charge on any atom is -0.330 e. The Kier molecular flexibility index (Phi) is 5.66. The normalized spacial score (nSPS) is 13.1. The summed E-state index contributed by atoms with van der Waals surface area (Å²) in [6.45, 7) is 8.46. The van der Waals surface area contributed by atoms with Crippen LogP contribution in [0.4, 0.5) is 0 Å². The SMILES string of the molecule is Cc1ccc(CCN(C)C(C)CCN)cc1C. The van der Waals surface area contributed by atoms with E-state index in [1.807, 2.05) is 0 Å². The molecular formula is C15H26N2. The fourth-order valence-corrected chi connectivity index (χ4v) is 1.95. The molecule has 0 radical (unpaired) electrons. The van der Waals surface area contributed by atoms with E-state index < -0.39 is 0 Å². The van der Waals surface area contributed by atoms with Gasteiger partial charge < -0.3 is 10.6 Å². The summed E-state index contributed by atoms with van der Waals surface area (Å²) >= 11 is 0. The monoisotopic (exact) mass is 234 g/mol. The van der Waals surface area contributed by atoms with Crippen molar-refractivity contribution in [2.75, 3.05) is 20.1 Å². The van der Waals surface area contributed by atoms with Gasteiger partial charge in [-0.3, -0.25) is 0 Å². The predicted octanol–water partition coefficient (Wildman–Crippen LogP) is 2.52. The molecule has 0 saturated carbocycles. The van der Waals surface area contributed by atoms with Crippen molar-refractivity contribution in [1.29, 1.82) is 0 Å². The van der Waals surface area contributed by atoms with Crippen molar-refractivity contribution >= 4 is 0 Å². The third-order valence-electron chi connectivity index (χ3n) is 3.66. The maximum atomic E-state index is 5.58. The summed E-state index contributed by atoms with van der Waals surface area (Å²) < 4.78 is 0. The fraction of sp³-hybridized carbons (Fsp3) is 0.600. The molecule has 0 amide bonds. The van der Waals surface area contributed by atoms with E-state index in [9.17, 15) is 0 Å². The first kappa shape index (κ1) is 14.2. The van der Waals surface area contributed by atoms with Gasteiger partial charge in [0.1, 0.15) is 0 Å². The van der Waals surface area contributed by atoms with Crippen LogP contribution in [0.2, 0.25) is 0 Å². The van der Waals surface area contributed by atoms with E-state index in [2.05, 4.69) is 50.9 Å². The molecule has 0 bridgehead atoms. The van der Waals surface area contributed by atoms with E-state index in [-0.39, 0.29) is 0 Å². The Labute approximate surface area is 106 Å². The maximum absolute atomic E-state index is 5.58. The Hall–Kier alpha value is -0.860. The van der Waals surface area contributed by atoms with Crippen molar-refractivity contribution in [2.24, 2.45) is 5.73 Å². The number of likely N-dealkylation sites (N-methyl/N-ethyl adjacent to an activating group) is 1. The highest BCUT2D eigenvalue weighted by Gasteiger charge is 2.07. The van der Waals surface area contributed by atoms with Crippen LogP contribution >= 0.6 is 0 Å². The second kappa shape index (κ2) is 6.77. The molecule has 0 aromatic heterocycles. The average molecular weight is 234 g/mol. The van der Waals surface area contributed by atoms with Crippen LogP contribution < -0.4 is 5.73 Å². The zero-order valence-corrected chi connectivity index (χ0v) is 11.7. The van der Waals surface area contributed by atoms with Crippen LogP contribution in [0, 0.1) is 13.8 Å². The maximum Gasteiger partial charge on any atom is 0.00760 e. The summed E-state index contributed by atoms with van der Waals surface area (Å²) in [6.07, 6.45) is 2.19. The van der Waals surface area contributed by atoms with Gasteiger partial charge in [0.2, 0.25) is 0 Å². The van der Waals surface area contributed by atoms with Gasteiger partial charge in [-0.2, -0.15) is 0 Å². The van der Waals surface area contributed by atoms with Crippen molar-refractivity contribution in [3.63, 3.8) is 0 Å². The minimum atomic E-state index is 0.576. The quantitative estimate of drug-likeness (QED) is 0.819.